The van der Waals surface area contributed by atoms with Crippen LogP contribution in [-0.2, 0) is 0 Å². The second-order valence-electron chi connectivity index (χ2n) is 6.46. The van der Waals surface area contributed by atoms with Gasteiger partial charge in [0.05, 0.1) is 14.9 Å². The summed E-state index contributed by atoms with van der Waals surface area (Å²) in [5.74, 6) is 0.522. The molecule has 3 nitrogen and oxygen atoms in total. The van der Waals surface area contributed by atoms with Crippen molar-refractivity contribution in [2.75, 3.05) is 23.7 Å². The fraction of sp³-hybridized carbons (Fsp3) is 0.438. The molecule has 1 aliphatic heterocycles. The van der Waals surface area contributed by atoms with E-state index in [9.17, 15) is 0 Å². The maximum atomic E-state index is 6.31. The number of nitrogens with zero attached hydrogens (tertiary/aromatic N) is 2. The van der Waals surface area contributed by atoms with Crippen LogP contribution in [0, 0.1) is 5.41 Å². The normalized spacial score (nSPS) is 17.7. The Hall–Kier alpha value is -0.970. The predicted molar refractivity (Wildman–Crippen MR) is 97.2 cm³/mol. The lowest BCUT2D eigenvalue weighted by Crippen LogP contribution is -2.37. The lowest BCUT2D eigenvalue weighted by molar-refractivity contribution is 0.280. The zero-order chi connectivity index (χ0) is 15.9. The zero-order valence-corrected chi connectivity index (χ0v) is 15.0. The van der Waals surface area contributed by atoms with Crippen molar-refractivity contribution in [1.29, 1.82) is 0 Å². The van der Waals surface area contributed by atoms with Gasteiger partial charge in [0.1, 0.15) is 5.82 Å². The van der Waals surface area contributed by atoms with Crippen LogP contribution in [0.15, 0.2) is 18.2 Å². The van der Waals surface area contributed by atoms with Crippen molar-refractivity contribution < 1.29 is 0 Å². The Bertz CT molecular complexity index is 687. The third-order valence-corrected chi connectivity index (χ3v) is 6.21. The quantitative estimate of drug-likeness (QED) is 0.791. The Morgan fingerprint density at radius 2 is 1.91 bits per heavy atom. The van der Waals surface area contributed by atoms with Crippen LogP contribution in [0.2, 0.25) is 10.0 Å². The Kier molecular flexibility index (Phi) is 4.27. The van der Waals surface area contributed by atoms with E-state index in [4.69, 9.17) is 28.9 Å². The Labute approximate surface area is 145 Å². The van der Waals surface area contributed by atoms with E-state index in [2.05, 4.69) is 23.7 Å². The van der Waals surface area contributed by atoms with Crippen LogP contribution in [0.3, 0.4) is 0 Å². The predicted octanol–water partition coefficient (Wildman–Crippen LogP) is 5.33. The van der Waals surface area contributed by atoms with Gasteiger partial charge in [-0.25, -0.2) is 4.98 Å². The minimum atomic E-state index is 0.415. The molecule has 118 valence electrons. The van der Waals surface area contributed by atoms with Gasteiger partial charge in [0.2, 0.25) is 0 Å². The molecule has 2 N–H and O–H groups in total. The van der Waals surface area contributed by atoms with E-state index >= 15 is 0 Å². The fourth-order valence-electron chi connectivity index (χ4n) is 2.63. The molecule has 1 aliphatic rings. The van der Waals surface area contributed by atoms with E-state index in [0.29, 0.717) is 21.3 Å². The van der Waals surface area contributed by atoms with Gasteiger partial charge in [-0.3, -0.25) is 0 Å². The number of anilines is 2. The largest absolute Gasteiger partial charge is 0.382 e. The number of thiazole rings is 1. The van der Waals surface area contributed by atoms with Crippen molar-refractivity contribution in [3.8, 4) is 10.4 Å². The van der Waals surface area contributed by atoms with Crippen molar-refractivity contribution in [3.05, 3.63) is 28.2 Å². The lowest BCUT2D eigenvalue weighted by Gasteiger charge is -2.36. The van der Waals surface area contributed by atoms with Gasteiger partial charge in [-0.05, 0) is 24.3 Å². The molecule has 1 fully saturated rings. The maximum absolute atomic E-state index is 6.31. The molecule has 3 rings (SSSR count). The minimum absolute atomic E-state index is 0.415. The molecule has 2 aromatic rings. The second kappa shape index (κ2) is 5.91. The van der Waals surface area contributed by atoms with E-state index in [-0.39, 0.29) is 0 Å². The number of hydrogen-bond acceptors (Lipinski definition) is 4. The highest BCUT2D eigenvalue weighted by Crippen LogP contribution is 2.43. The van der Waals surface area contributed by atoms with Crippen LogP contribution in [0.5, 0.6) is 0 Å². The van der Waals surface area contributed by atoms with Gasteiger partial charge < -0.3 is 10.6 Å². The van der Waals surface area contributed by atoms with E-state index < -0.39 is 0 Å². The van der Waals surface area contributed by atoms with Crippen LogP contribution >= 0.6 is 34.5 Å². The topological polar surface area (TPSA) is 42.2 Å². The molecular formula is C16H19Cl2N3S. The third-order valence-electron chi connectivity index (χ3n) is 4.23. The summed E-state index contributed by atoms with van der Waals surface area (Å²) in [6.45, 7) is 6.67. The third kappa shape index (κ3) is 3.05. The van der Waals surface area contributed by atoms with Crippen molar-refractivity contribution in [2.24, 2.45) is 5.41 Å². The number of nitrogen functional groups attached to an aromatic ring is 1. The SMILES string of the molecule is CC1(C)CCN(c2nc(N)c(-c3cccc(Cl)c3Cl)s2)CC1. The summed E-state index contributed by atoms with van der Waals surface area (Å²) in [5.41, 5.74) is 7.39. The van der Waals surface area contributed by atoms with Gasteiger partial charge in [0, 0.05) is 18.7 Å². The van der Waals surface area contributed by atoms with Crippen LogP contribution in [0.4, 0.5) is 10.9 Å². The zero-order valence-electron chi connectivity index (χ0n) is 12.7. The molecule has 0 aliphatic carbocycles. The molecule has 1 aromatic heterocycles. The molecule has 0 amide bonds. The molecule has 0 atom stereocenters. The molecule has 2 heterocycles. The van der Waals surface area contributed by atoms with Crippen LogP contribution in [0.1, 0.15) is 26.7 Å². The average molecular weight is 356 g/mol. The summed E-state index contributed by atoms with van der Waals surface area (Å²) in [6, 6.07) is 5.59. The summed E-state index contributed by atoms with van der Waals surface area (Å²) in [7, 11) is 0. The van der Waals surface area contributed by atoms with Crippen molar-refractivity contribution in [2.45, 2.75) is 26.7 Å². The van der Waals surface area contributed by atoms with Gasteiger partial charge in [-0.2, -0.15) is 0 Å². The Morgan fingerprint density at radius 1 is 1.23 bits per heavy atom. The molecule has 0 bridgehead atoms. The fourth-order valence-corrected chi connectivity index (χ4v) is 4.15. The highest BCUT2D eigenvalue weighted by atomic mass is 35.5. The van der Waals surface area contributed by atoms with Gasteiger partial charge >= 0.3 is 0 Å². The number of nitrogens with two attached hydrogens (primary N) is 1. The summed E-state index contributed by atoms with van der Waals surface area (Å²) in [6.07, 6.45) is 2.33. The summed E-state index contributed by atoms with van der Waals surface area (Å²) in [4.78, 5) is 7.76. The summed E-state index contributed by atoms with van der Waals surface area (Å²) < 4.78 is 0. The summed E-state index contributed by atoms with van der Waals surface area (Å²) >= 11 is 14.0. The first-order valence-electron chi connectivity index (χ1n) is 7.33. The summed E-state index contributed by atoms with van der Waals surface area (Å²) in [5, 5.41) is 2.04. The number of piperidine rings is 1. The molecule has 1 saturated heterocycles. The number of halogens is 2. The van der Waals surface area contributed by atoms with Gasteiger partial charge in [0.15, 0.2) is 5.13 Å². The Balaban J connectivity index is 1.90. The monoisotopic (exact) mass is 355 g/mol. The highest BCUT2D eigenvalue weighted by molar-refractivity contribution is 7.19. The van der Waals surface area contributed by atoms with E-state index in [1.165, 1.54) is 12.8 Å². The molecule has 0 saturated carbocycles. The van der Waals surface area contributed by atoms with Crippen molar-refractivity contribution in [3.63, 3.8) is 0 Å². The second-order valence-corrected chi connectivity index (χ2v) is 8.23. The van der Waals surface area contributed by atoms with Crippen LogP contribution in [-0.4, -0.2) is 18.1 Å². The first-order valence-corrected chi connectivity index (χ1v) is 8.90. The lowest BCUT2D eigenvalue weighted by atomic mass is 9.83. The average Bonchev–Trinajstić information content (AvgIpc) is 2.84. The van der Waals surface area contributed by atoms with Gasteiger partial charge in [-0.15, -0.1) is 0 Å². The van der Waals surface area contributed by atoms with E-state index in [1.807, 2.05) is 12.1 Å². The number of rotatable bonds is 2. The maximum Gasteiger partial charge on any atom is 0.187 e. The molecule has 0 spiro atoms. The smallest absolute Gasteiger partial charge is 0.187 e. The molecule has 0 radical (unpaired) electrons. The molecular weight excluding hydrogens is 337 g/mol. The van der Waals surface area contributed by atoms with Gasteiger partial charge in [-0.1, -0.05) is 60.5 Å². The Morgan fingerprint density at radius 3 is 2.59 bits per heavy atom. The molecule has 0 unspecified atom stereocenters. The van der Waals surface area contributed by atoms with Crippen molar-refractivity contribution in [1.82, 2.24) is 4.98 Å². The minimum Gasteiger partial charge on any atom is -0.382 e. The highest BCUT2D eigenvalue weighted by Gasteiger charge is 2.27. The molecule has 1 aromatic carbocycles. The molecule has 6 heteroatoms. The number of aromatic nitrogens is 1. The van der Waals surface area contributed by atoms with Crippen LogP contribution in [0.25, 0.3) is 10.4 Å². The van der Waals surface area contributed by atoms with Gasteiger partial charge in [0.25, 0.3) is 0 Å². The van der Waals surface area contributed by atoms with Crippen LogP contribution < -0.4 is 10.6 Å². The van der Waals surface area contributed by atoms with E-state index in [0.717, 1.165) is 28.7 Å². The van der Waals surface area contributed by atoms with Crippen molar-refractivity contribution >= 4 is 45.5 Å². The number of benzene rings is 1. The van der Waals surface area contributed by atoms with E-state index in [1.54, 1.807) is 17.4 Å². The first kappa shape index (κ1) is 15.9. The molecule has 22 heavy (non-hydrogen) atoms. The number of hydrogen-bond donors (Lipinski definition) is 1. The first-order chi connectivity index (χ1) is 10.4. The standard InChI is InChI=1S/C16H19Cl2N3S/c1-16(2)6-8-21(9-7-16)15-20-14(19)13(22-15)10-4-3-5-11(17)12(10)18/h3-5H,6-9,19H2,1-2H3.